The first kappa shape index (κ1) is 15.2. The van der Waals surface area contributed by atoms with Crippen LogP contribution in [-0.4, -0.2) is 44.1 Å². The Morgan fingerprint density at radius 3 is 2.63 bits per heavy atom. The number of furan rings is 1. The number of ether oxygens (including phenoxy) is 2. The van der Waals surface area contributed by atoms with Crippen molar-refractivity contribution in [2.75, 3.05) is 27.3 Å². The van der Waals surface area contributed by atoms with E-state index in [0.717, 1.165) is 6.42 Å². The van der Waals surface area contributed by atoms with Crippen molar-refractivity contribution in [2.24, 2.45) is 0 Å². The third-order valence-electron chi connectivity index (χ3n) is 2.64. The molecule has 0 aromatic carbocycles. The van der Waals surface area contributed by atoms with Gasteiger partial charge in [0, 0.05) is 0 Å². The van der Waals surface area contributed by atoms with Crippen LogP contribution in [0.15, 0.2) is 16.7 Å². The normalized spacial score (nSPS) is 10.5. The Labute approximate surface area is 112 Å². The Bertz CT molecular complexity index is 426. The molecule has 0 fully saturated rings. The monoisotopic (exact) mass is 269 g/mol. The van der Waals surface area contributed by atoms with Crippen LogP contribution < -0.4 is 0 Å². The van der Waals surface area contributed by atoms with E-state index in [1.807, 2.05) is 11.8 Å². The fraction of sp³-hybridized carbons (Fsp3) is 0.538. The summed E-state index contributed by atoms with van der Waals surface area (Å²) in [5, 5.41) is 0. The van der Waals surface area contributed by atoms with Gasteiger partial charge >= 0.3 is 11.9 Å². The van der Waals surface area contributed by atoms with Gasteiger partial charge in [-0.3, -0.25) is 9.69 Å². The number of hydrogen-bond acceptors (Lipinski definition) is 6. The molecule has 0 aliphatic heterocycles. The van der Waals surface area contributed by atoms with E-state index in [2.05, 4.69) is 9.47 Å². The molecule has 1 rings (SSSR count). The molecule has 106 valence electrons. The van der Waals surface area contributed by atoms with Crippen molar-refractivity contribution in [3.63, 3.8) is 0 Å². The molecule has 0 spiro atoms. The Morgan fingerprint density at radius 2 is 2.05 bits per heavy atom. The highest BCUT2D eigenvalue weighted by Gasteiger charge is 2.19. The smallest absolute Gasteiger partial charge is 0.341 e. The van der Waals surface area contributed by atoms with Gasteiger partial charge in [0.2, 0.25) is 0 Å². The highest BCUT2D eigenvalue weighted by molar-refractivity contribution is 5.90. The van der Waals surface area contributed by atoms with Gasteiger partial charge in [0.25, 0.3) is 0 Å². The first-order valence-electron chi connectivity index (χ1n) is 6.06. The van der Waals surface area contributed by atoms with Crippen LogP contribution in [0.25, 0.3) is 0 Å². The van der Waals surface area contributed by atoms with E-state index in [-0.39, 0.29) is 12.5 Å². The van der Waals surface area contributed by atoms with Gasteiger partial charge in [0.1, 0.15) is 11.3 Å². The topological polar surface area (TPSA) is 69.0 Å². The lowest BCUT2D eigenvalue weighted by atomic mass is 10.2. The molecule has 0 saturated heterocycles. The van der Waals surface area contributed by atoms with Gasteiger partial charge in [-0.2, -0.15) is 0 Å². The van der Waals surface area contributed by atoms with Crippen molar-refractivity contribution in [3.8, 4) is 0 Å². The van der Waals surface area contributed by atoms with E-state index < -0.39 is 5.97 Å². The van der Waals surface area contributed by atoms with Gasteiger partial charge in [0.15, 0.2) is 0 Å². The number of nitrogens with zero attached hydrogens (tertiary/aromatic N) is 1. The van der Waals surface area contributed by atoms with Gasteiger partial charge < -0.3 is 13.9 Å². The van der Waals surface area contributed by atoms with Crippen molar-refractivity contribution >= 4 is 11.9 Å². The third-order valence-corrected chi connectivity index (χ3v) is 2.64. The van der Waals surface area contributed by atoms with E-state index in [4.69, 9.17) is 4.42 Å². The maximum Gasteiger partial charge on any atom is 0.341 e. The van der Waals surface area contributed by atoms with Crippen LogP contribution in [0.1, 0.15) is 29.5 Å². The van der Waals surface area contributed by atoms with E-state index in [1.54, 1.807) is 6.07 Å². The van der Waals surface area contributed by atoms with Gasteiger partial charge in [-0.1, -0.05) is 6.92 Å². The number of carbonyl (C=O) groups is 2. The summed E-state index contributed by atoms with van der Waals surface area (Å²) in [6.07, 6.45) is 2.31. The minimum atomic E-state index is -0.446. The third kappa shape index (κ3) is 4.40. The Hall–Kier alpha value is -1.82. The van der Waals surface area contributed by atoms with Gasteiger partial charge in [0.05, 0.1) is 33.6 Å². The molecule has 1 heterocycles. The maximum atomic E-state index is 11.5. The van der Waals surface area contributed by atoms with E-state index in [9.17, 15) is 9.59 Å². The molecule has 0 N–H and O–H groups in total. The number of carbonyl (C=O) groups excluding carboxylic acids is 2. The van der Waals surface area contributed by atoms with E-state index in [0.29, 0.717) is 24.4 Å². The van der Waals surface area contributed by atoms with Gasteiger partial charge in [-0.25, -0.2) is 4.79 Å². The van der Waals surface area contributed by atoms with Crippen LogP contribution in [0.2, 0.25) is 0 Å². The molecule has 0 unspecified atom stereocenters. The number of rotatable bonds is 7. The molecule has 0 atom stereocenters. The standard InChI is InChI=1S/C13H19NO5/c1-4-6-14(9-12(15)17-2)8-11-10(5-7-19-11)13(16)18-3/h5,7H,4,6,8-9H2,1-3H3. The Balaban J connectivity index is 2.76. The molecule has 1 aromatic rings. The second-order valence-corrected chi connectivity index (χ2v) is 4.04. The lowest BCUT2D eigenvalue weighted by Gasteiger charge is -2.19. The summed E-state index contributed by atoms with van der Waals surface area (Å²) in [7, 11) is 2.66. The zero-order chi connectivity index (χ0) is 14.3. The van der Waals surface area contributed by atoms with Crippen LogP contribution in [0, 0.1) is 0 Å². The van der Waals surface area contributed by atoms with E-state index in [1.165, 1.54) is 20.5 Å². The SMILES string of the molecule is CCCN(CC(=O)OC)Cc1occc1C(=O)OC. The molecule has 0 aliphatic carbocycles. The molecule has 1 aromatic heterocycles. The fourth-order valence-electron chi connectivity index (χ4n) is 1.74. The minimum Gasteiger partial charge on any atom is -0.468 e. The molecule has 0 amide bonds. The summed E-state index contributed by atoms with van der Waals surface area (Å²) in [6.45, 7) is 3.23. The molecule has 0 radical (unpaired) electrons. The summed E-state index contributed by atoms with van der Waals surface area (Å²) >= 11 is 0. The van der Waals surface area contributed by atoms with Crippen LogP contribution >= 0.6 is 0 Å². The number of esters is 2. The second kappa shape index (κ2) is 7.58. The molecule has 6 heteroatoms. The van der Waals surface area contributed by atoms with Crippen LogP contribution in [-0.2, 0) is 20.8 Å². The first-order valence-corrected chi connectivity index (χ1v) is 6.06. The van der Waals surface area contributed by atoms with Crippen molar-refractivity contribution in [2.45, 2.75) is 19.9 Å². The number of hydrogen-bond donors (Lipinski definition) is 0. The second-order valence-electron chi connectivity index (χ2n) is 4.04. The van der Waals surface area contributed by atoms with Crippen molar-refractivity contribution < 1.29 is 23.5 Å². The lowest BCUT2D eigenvalue weighted by Crippen LogP contribution is -2.31. The van der Waals surface area contributed by atoms with Crippen molar-refractivity contribution in [3.05, 3.63) is 23.7 Å². The van der Waals surface area contributed by atoms with Crippen LogP contribution in [0.5, 0.6) is 0 Å². The van der Waals surface area contributed by atoms with E-state index >= 15 is 0 Å². The molecule has 6 nitrogen and oxygen atoms in total. The summed E-state index contributed by atoms with van der Waals surface area (Å²) in [6, 6.07) is 1.56. The quantitative estimate of drug-likeness (QED) is 0.698. The maximum absolute atomic E-state index is 11.5. The minimum absolute atomic E-state index is 0.158. The summed E-state index contributed by atoms with van der Waals surface area (Å²) in [5.41, 5.74) is 0.383. The lowest BCUT2D eigenvalue weighted by molar-refractivity contribution is -0.142. The summed E-state index contributed by atoms with van der Waals surface area (Å²) in [4.78, 5) is 24.7. The molecular weight excluding hydrogens is 250 g/mol. The Morgan fingerprint density at radius 1 is 1.32 bits per heavy atom. The highest BCUT2D eigenvalue weighted by atomic mass is 16.5. The summed E-state index contributed by atoms with van der Waals surface area (Å²) in [5.74, 6) is -0.276. The largest absolute Gasteiger partial charge is 0.468 e. The Kier molecular flexibility index (Phi) is 6.08. The predicted molar refractivity (Wildman–Crippen MR) is 67.6 cm³/mol. The van der Waals surface area contributed by atoms with Crippen LogP contribution in [0.4, 0.5) is 0 Å². The average Bonchev–Trinajstić information content (AvgIpc) is 2.86. The van der Waals surface area contributed by atoms with Gasteiger partial charge in [-0.05, 0) is 19.0 Å². The molecule has 19 heavy (non-hydrogen) atoms. The van der Waals surface area contributed by atoms with Crippen molar-refractivity contribution in [1.29, 1.82) is 0 Å². The summed E-state index contributed by atoms with van der Waals surface area (Å²) < 4.78 is 14.6. The molecule has 0 saturated carbocycles. The zero-order valence-electron chi connectivity index (χ0n) is 11.5. The van der Waals surface area contributed by atoms with Crippen LogP contribution in [0.3, 0.4) is 0 Å². The zero-order valence-corrected chi connectivity index (χ0v) is 11.5. The fourth-order valence-corrected chi connectivity index (χ4v) is 1.74. The molecular formula is C13H19NO5. The first-order chi connectivity index (χ1) is 9.12. The predicted octanol–water partition coefficient (Wildman–Crippen LogP) is 1.45. The highest BCUT2D eigenvalue weighted by Crippen LogP contribution is 2.14. The number of methoxy groups -OCH3 is 2. The molecule has 0 bridgehead atoms. The average molecular weight is 269 g/mol. The molecule has 0 aliphatic rings. The van der Waals surface area contributed by atoms with Gasteiger partial charge in [-0.15, -0.1) is 0 Å². The van der Waals surface area contributed by atoms with Crippen molar-refractivity contribution in [1.82, 2.24) is 4.90 Å².